The highest BCUT2D eigenvalue weighted by Gasteiger charge is 2.20. The molecule has 4 rings (SSSR count). The number of carbonyl (C=O) groups is 1. The van der Waals surface area contributed by atoms with Crippen LogP contribution in [0.2, 0.25) is 0 Å². The molecule has 1 aliphatic carbocycles. The van der Waals surface area contributed by atoms with Crippen molar-refractivity contribution in [3.63, 3.8) is 0 Å². The molecule has 0 bridgehead atoms. The Bertz CT molecular complexity index is 799. The second-order valence-corrected chi connectivity index (χ2v) is 4.98. The van der Waals surface area contributed by atoms with Crippen LogP contribution in [0.4, 0.5) is 0 Å². The van der Waals surface area contributed by atoms with Crippen LogP contribution in [-0.2, 0) is 17.6 Å². The number of Topliss-reactive ketones (excluding diaryl/α,β-unsaturated/α-hetero) is 1. The van der Waals surface area contributed by atoms with Crippen molar-refractivity contribution in [2.24, 2.45) is 0 Å². The molecule has 18 heavy (non-hydrogen) atoms. The molecule has 0 amide bonds. The van der Waals surface area contributed by atoms with Gasteiger partial charge in [-0.2, -0.15) is 0 Å². The summed E-state index contributed by atoms with van der Waals surface area (Å²) in [5.41, 5.74) is 2.45. The predicted octanol–water partition coefficient (Wildman–Crippen LogP) is 3.66. The molecule has 0 radical (unpaired) electrons. The Morgan fingerprint density at radius 1 is 0.722 bits per heavy atom. The number of carbonyl (C=O) groups excluding carboxylic acids is 1. The smallest absolute Gasteiger partial charge is 0.141 e. The summed E-state index contributed by atoms with van der Waals surface area (Å²) in [4.78, 5) is 11.6. The van der Waals surface area contributed by atoms with Crippen LogP contribution >= 0.6 is 0 Å². The third kappa shape index (κ3) is 1.25. The van der Waals surface area contributed by atoms with Crippen LogP contribution < -0.4 is 0 Å². The third-order valence-corrected chi connectivity index (χ3v) is 3.90. The van der Waals surface area contributed by atoms with Gasteiger partial charge in [-0.15, -0.1) is 0 Å². The predicted molar refractivity (Wildman–Crippen MR) is 73.9 cm³/mol. The molecule has 0 heterocycles. The van der Waals surface area contributed by atoms with E-state index in [4.69, 9.17) is 0 Å². The number of rotatable bonds is 0. The largest absolute Gasteiger partial charge is 0.299 e. The van der Waals surface area contributed by atoms with E-state index in [0.29, 0.717) is 18.6 Å². The van der Waals surface area contributed by atoms with E-state index < -0.39 is 0 Å². The van der Waals surface area contributed by atoms with Crippen molar-refractivity contribution in [2.75, 3.05) is 0 Å². The number of hydrogen-bond donors (Lipinski definition) is 0. The summed E-state index contributed by atoms with van der Waals surface area (Å²) in [6.45, 7) is 0. The summed E-state index contributed by atoms with van der Waals surface area (Å²) in [7, 11) is 0. The molecule has 1 nitrogen and oxygen atoms in total. The van der Waals surface area contributed by atoms with Gasteiger partial charge in [0, 0.05) is 12.8 Å². The van der Waals surface area contributed by atoms with E-state index in [1.54, 1.807) is 0 Å². The Hall–Kier alpha value is -2.15. The minimum absolute atomic E-state index is 0.339. The minimum atomic E-state index is 0.339. The molecule has 0 saturated heterocycles. The molecule has 86 valence electrons. The fraction of sp³-hybridized carbons (Fsp3) is 0.118. The Labute approximate surface area is 105 Å². The monoisotopic (exact) mass is 232 g/mol. The zero-order chi connectivity index (χ0) is 12.1. The Balaban J connectivity index is 2.17. The van der Waals surface area contributed by atoms with Crippen molar-refractivity contribution in [3.05, 3.63) is 59.7 Å². The second kappa shape index (κ2) is 3.42. The third-order valence-electron chi connectivity index (χ3n) is 3.90. The van der Waals surface area contributed by atoms with Gasteiger partial charge in [0.05, 0.1) is 0 Å². The van der Waals surface area contributed by atoms with Crippen molar-refractivity contribution in [1.82, 2.24) is 0 Å². The zero-order valence-corrected chi connectivity index (χ0v) is 9.94. The van der Waals surface area contributed by atoms with E-state index in [2.05, 4.69) is 48.5 Å². The zero-order valence-electron chi connectivity index (χ0n) is 9.94. The Morgan fingerprint density at radius 2 is 1.56 bits per heavy atom. The molecule has 0 aromatic heterocycles. The molecule has 1 aliphatic rings. The molecular formula is C17H12O. The van der Waals surface area contributed by atoms with Gasteiger partial charge in [-0.1, -0.05) is 48.5 Å². The SMILES string of the molecule is O=C1Cc2ccc3c(ccc4ccccc43)c2C1. The van der Waals surface area contributed by atoms with Crippen LogP contribution in [0.25, 0.3) is 21.5 Å². The summed E-state index contributed by atoms with van der Waals surface area (Å²) >= 11 is 0. The molecule has 0 saturated carbocycles. The van der Waals surface area contributed by atoms with Crippen molar-refractivity contribution in [3.8, 4) is 0 Å². The van der Waals surface area contributed by atoms with Gasteiger partial charge in [0.2, 0.25) is 0 Å². The lowest BCUT2D eigenvalue weighted by molar-refractivity contribution is -0.117. The summed E-state index contributed by atoms with van der Waals surface area (Å²) in [6, 6.07) is 17.0. The van der Waals surface area contributed by atoms with Gasteiger partial charge in [0.1, 0.15) is 5.78 Å². The lowest BCUT2D eigenvalue weighted by Crippen LogP contribution is -1.92. The summed E-state index contributed by atoms with van der Waals surface area (Å²) in [6.07, 6.45) is 1.21. The standard InChI is InChI=1S/C17H12O/c18-13-9-12-6-8-15-14-4-2-1-3-11(14)5-7-16(15)17(12)10-13/h1-8H,9-10H2. The van der Waals surface area contributed by atoms with Gasteiger partial charge in [0.25, 0.3) is 0 Å². The molecule has 1 heteroatoms. The molecule has 0 fully saturated rings. The van der Waals surface area contributed by atoms with Crippen LogP contribution in [0.1, 0.15) is 11.1 Å². The van der Waals surface area contributed by atoms with Crippen LogP contribution in [-0.4, -0.2) is 5.78 Å². The number of ketones is 1. The van der Waals surface area contributed by atoms with Crippen molar-refractivity contribution in [1.29, 1.82) is 0 Å². The van der Waals surface area contributed by atoms with E-state index in [9.17, 15) is 4.79 Å². The maximum Gasteiger partial charge on any atom is 0.141 e. The molecule has 0 aliphatic heterocycles. The highest BCUT2D eigenvalue weighted by molar-refractivity contribution is 6.10. The summed E-state index contributed by atoms with van der Waals surface area (Å²) in [5.74, 6) is 0.339. The van der Waals surface area contributed by atoms with Gasteiger partial charge in [-0.3, -0.25) is 4.79 Å². The maximum absolute atomic E-state index is 11.6. The maximum atomic E-state index is 11.6. The van der Waals surface area contributed by atoms with Crippen LogP contribution in [0.3, 0.4) is 0 Å². The Morgan fingerprint density at radius 3 is 2.50 bits per heavy atom. The van der Waals surface area contributed by atoms with E-state index in [1.165, 1.54) is 32.7 Å². The first-order valence-corrected chi connectivity index (χ1v) is 6.27. The van der Waals surface area contributed by atoms with E-state index in [1.807, 2.05) is 0 Å². The second-order valence-electron chi connectivity index (χ2n) is 4.98. The lowest BCUT2D eigenvalue weighted by Gasteiger charge is -2.08. The first-order valence-electron chi connectivity index (χ1n) is 6.27. The first kappa shape index (κ1) is 9.84. The molecule has 0 spiro atoms. The number of benzene rings is 3. The summed E-state index contributed by atoms with van der Waals surface area (Å²) < 4.78 is 0. The van der Waals surface area contributed by atoms with E-state index in [0.717, 1.165) is 0 Å². The number of fused-ring (bicyclic) bond motifs is 5. The van der Waals surface area contributed by atoms with Gasteiger partial charge in [0.15, 0.2) is 0 Å². The Kier molecular flexibility index (Phi) is 1.87. The quantitative estimate of drug-likeness (QED) is 0.540. The highest BCUT2D eigenvalue weighted by atomic mass is 16.1. The van der Waals surface area contributed by atoms with Crippen LogP contribution in [0, 0.1) is 0 Å². The molecule has 3 aromatic carbocycles. The van der Waals surface area contributed by atoms with Gasteiger partial charge in [-0.25, -0.2) is 0 Å². The molecule has 0 N–H and O–H groups in total. The number of hydrogen-bond acceptors (Lipinski definition) is 1. The molecule has 0 unspecified atom stereocenters. The molecule has 3 aromatic rings. The van der Waals surface area contributed by atoms with Crippen LogP contribution in [0.5, 0.6) is 0 Å². The fourth-order valence-corrected chi connectivity index (χ4v) is 3.04. The van der Waals surface area contributed by atoms with Crippen molar-refractivity contribution in [2.45, 2.75) is 12.8 Å². The van der Waals surface area contributed by atoms with Gasteiger partial charge in [-0.05, 0) is 32.7 Å². The van der Waals surface area contributed by atoms with Crippen molar-refractivity contribution < 1.29 is 4.79 Å². The highest BCUT2D eigenvalue weighted by Crippen LogP contribution is 2.32. The summed E-state index contributed by atoms with van der Waals surface area (Å²) in [5, 5.41) is 5.05. The minimum Gasteiger partial charge on any atom is -0.299 e. The van der Waals surface area contributed by atoms with Crippen LogP contribution in [0.15, 0.2) is 48.5 Å². The van der Waals surface area contributed by atoms with Crippen molar-refractivity contribution >= 4 is 27.3 Å². The van der Waals surface area contributed by atoms with Gasteiger partial charge >= 0.3 is 0 Å². The normalized spacial score (nSPS) is 14.3. The van der Waals surface area contributed by atoms with E-state index >= 15 is 0 Å². The molecular weight excluding hydrogens is 220 g/mol. The van der Waals surface area contributed by atoms with Gasteiger partial charge < -0.3 is 0 Å². The topological polar surface area (TPSA) is 17.1 Å². The van der Waals surface area contributed by atoms with E-state index in [-0.39, 0.29) is 0 Å². The average molecular weight is 232 g/mol. The fourth-order valence-electron chi connectivity index (χ4n) is 3.04. The average Bonchev–Trinajstić information content (AvgIpc) is 2.79. The lowest BCUT2D eigenvalue weighted by atomic mass is 9.96. The first-order chi connectivity index (χ1) is 8.83. The molecule has 0 atom stereocenters.